The predicted octanol–water partition coefficient (Wildman–Crippen LogP) is 2.70. The summed E-state index contributed by atoms with van der Waals surface area (Å²) in [4.78, 5) is 17.3. The van der Waals surface area contributed by atoms with E-state index >= 15 is 0 Å². The second-order valence-electron chi connectivity index (χ2n) is 7.28. The summed E-state index contributed by atoms with van der Waals surface area (Å²) in [5.41, 5.74) is 0. The number of halogens is 2. The first-order chi connectivity index (χ1) is 10.2. The Kier molecular flexibility index (Phi) is 9.20. The van der Waals surface area contributed by atoms with E-state index in [1.165, 1.54) is 38.5 Å². The molecule has 0 aromatic carbocycles. The van der Waals surface area contributed by atoms with Crippen molar-refractivity contribution in [1.29, 1.82) is 0 Å². The monoisotopic (exact) mass is 365 g/mol. The summed E-state index contributed by atoms with van der Waals surface area (Å²) in [7, 11) is 0. The average molecular weight is 366 g/mol. The molecule has 0 unspecified atom stereocenters. The topological polar surface area (TPSA) is 35.6 Å². The molecule has 1 N–H and O–H groups in total. The van der Waals surface area contributed by atoms with Crippen LogP contribution in [0, 0.1) is 5.92 Å². The van der Waals surface area contributed by atoms with E-state index in [9.17, 15) is 4.79 Å². The Morgan fingerprint density at radius 1 is 0.913 bits per heavy atom. The van der Waals surface area contributed by atoms with Crippen molar-refractivity contribution in [3.8, 4) is 0 Å². The van der Waals surface area contributed by atoms with Crippen molar-refractivity contribution in [1.82, 2.24) is 15.1 Å². The lowest BCUT2D eigenvalue weighted by Gasteiger charge is -2.42. The Morgan fingerprint density at radius 3 is 2.13 bits per heavy atom. The zero-order chi connectivity index (χ0) is 14.7. The van der Waals surface area contributed by atoms with Gasteiger partial charge in [0.2, 0.25) is 5.91 Å². The van der Waals surface area contributed by atoms with Gasteiger partial charge in [-0.15, -0.1) is 24.8 Å². The van der Waals surface area contributed by atoms with Crippen molar-refractivity contribution in [2.24, 2.45) is 5.92 Å². The molecule has 3 aliphatic rings. The van der Waals surface area contributed by atoms with Gasteiger partial charge < -0.3 is 10.2 Å². The molecular weight excluding hydrogens is 333 g/mol. The third kappa shape index (κ3) is 5.48. The normalized spacial score (nSPS) is 32.6. The van der Waals surface area contributed by atoms with Crippen LogP contribution in [0.2, 0.25) is 0 Å². The number of piperidine rings is 1. The molecule has 6 heteroatoms. The van der Waals surface area contributed by atoms with Crippen LogP contribution in [-0.2, 0) is 4.79 Å². The molecule has 4 nitrogen and oxygen atoms in total. The fourth-order valence-electron chi connectivity index (χ4n) is 4.20. The lowest BCUT2D eigenvalue weighted by atomic mass is 9.86. The molecule has 23 heavy (non-hydrogen) atoms. The van der Waals surface area contributed by atoms with Crippen molar-refractivity contribution in [2.45, 2.75) is 64.0 Å². The maximum atomic E-state index is 12.5. The van der Waals surface area contributed by atoms with Crippen LogP contribution in [-0.4, -0.2) is 60.5 Å². The number of nitrogens with one attached hydrogen (secondary N) is 1. The number of carbonyl (C=O) groups excluding carboxylic acids is 1. The van der Waals surface area contributed by atoms with Gasteiger partial charge in [-0.3, -0.25) is 9.69 Å². The van der Waals surface area contributed by atoms with Gasteiger partial charge in [0.15, 0.2) is 0 Å². The molecule has 3 fully saturated rings. The SMILES string of the molecule is CC1CCC(N2CCN(C(=O)[C@H]3CCCCN3)CC2)CC1.Cl.Cl. The quantitative estimate of drug-likeness (QED) is 0.816. The Bertz CT molecular complexity index is 348. The largest absolute Gasteiger partial charge is 0.339 e. The maximum Gasteiger partial charge on any atom is 0.239 e. The number of nitrogens with zero attached hydrogens (tertiary/aromatic N) is 2. The van der Waals surface area contributed by atoms with Crippen LogP contribution in [0.1, 0.15) is 51.9 Å². The second-order valence-corrected chi connectivity index (χ2v) is 7.28. The molecule has 2 saturated heterocycles. The zero-order valence-electron chi connectivity index (χ0n) is 14.3. The third-order valence-corrected chi connectivity index (χ3v) is 5.74. The van der Waals surface area contributed by atoms with Crippen LogP contribution < -0.4 is 5.32 Å². The van der Waals surface area contributed by atoms with E-state index in [0.717, 1.165) is 51.1 Å². The highest BCUT2D eigenvalue weighted by Gasteiger charge is 2.31. The lowest BCUT2D eigenvalue weighted by Crippen LogP contribution is -2.56. The molecule has 136 valence electrons. The van der Waals surface area contributed by atoms with E-state index in [-0.39, 0.29) is 30.9 Å². The molecule has 1 atom stereocenters. The third-order valence-electron chi connectivity index (χ3n) is 5.74. The summed E-state index contributed by atoms with van der Waals surface area (Å²) >= 11 is 0. The molecule has 3 rings (SSSR count). The van der Waals surface area contributed by atoms with E-state index in [0.29, 0.717) is 5.91 Å². The number of carbonyl (C=O) groups is 1. The van der Waals surface area contributed by atoms with Crippen molar-refractivity contribution in [2.75, 3.05) is 32.7 Å². The van der Waals surface area contributed by atoms with Crippen molar-refractivity contribution in [3.05, 3.63) is 0 Å². The first kappa shape index (κ1) is 21.0. The van der Waals surface area contributed by atoms with Crippen LogP contribution in [0.4, 0.5) is 0 Å². The summed E-state index contributed by atoms with van der Waals surface area (Å²) in [6.07, 6.45) is 8.94. The first-order valence-electron chi connectivity index (χ1n) is 9.00. The molecule has 2 heterocycles. The Morgan fingerprint density at radius 2 is 1.57 bits per heavy atom. The average Bonchev–Trinajstić information content (AvgIpc) is 2.56. The van der Waals surface area contributed by atoms with E-state index in [4.69, 9.17) is 0 Å². The summed E-state index contributed by atoms with van der Waals surface area (Å²) < 4.78 is 0. The molecule has 0 bridgehead atoms. The number of hydrogen-bond donors (Lipinski definition) is 1. The fourth-order valence-corrected chi connectivity index (χ4v) is 4.20. The molecule has 1 aliphatic carbocycles. The lowest BCUT2D eigenvalue weighted by molar-refractivity contribution is -0.136. The Hall–Kier alpha value is -0.0300. The van der Waals surface area contributed by atoms with Gasteiger partial charge in [0.05, 0.1) is 6.04 Å². The standard InChI is InChI=1S/C17H31N3O.2ClH/c1-14-5-7-15(8-6-14)19-10-12-20(13-11-19)17(21)16-4-2-3-9-18-16;;/h14-16,18H,2-13H2,1H3;2*1H/t14?,15?,16-;;/m1../s1. The maximum absolute atomic E-state index is 12.5. The second kappa shape index (κ2) is 10.1. The molecule has 1 amide bonds. The van der Waals surface area contributed by atoms with Gasteiger partial charge >= 0.3 is 0 Å². The minimum Gasteiger partial charge on any atom is -0.339 e. The zero-order valence-corrected chi connectivity index (χ0v) is 16.0. The smallest absolute Gasteiger partial charge is 0.239 e. The van der Waals surface area contributed by atoms with Crippen LogP contribution in [0.25, 0.3) is 0 Å². The molecule has 0 aromatic heterocycles. The minimum absolute atomic E-state index is 0. The Labute approximate surface area is 153 Å². The predicted molar refractivity (Wildman–Crippen MR) is 99.7 cm³/mol. The highest BCUT2D eigenvalue weighted by molar-refractivity contribution is 5.85. The summed E-state index contributed by atoms with van der Waals surface area (Å²) in [6, 6.07) is 0.882. The van der Waals surface area contributed by atoms with Crippen LogP contribution in [0.15, 0.2) is 0 Å². The molecule has 2 aliphatic heterocycles. The van der Waals surface area contributed by atoms with Crippen LogP contribution in [0.3, 0.4) is 0 Å². The van der Waals surface area contributed by atoms with Gasteiger partial charge in [0.25, 0.3) is 0 Å². The summed E-state index contributed by atoms with van der Waals surface area (Å²) in [5.74, 6) is 1.27. The van der Waals surface area contributed by atoms with Gasteiger partial charge in [0, 0.05) is 32.2 Å². The summed E-state index contributed by atoms with van der Waals surface area (Å²) in [5, 5.41) is 3.39. The van der Waals surface area contributed by atoms with Crippen molar-refractivity contribution in [3.63, 3.8) is 0 Å². The van der Waals surface area contributed by atoms with Crippen LogP contribution >= 0.6 is 24.8 Å². The molecule has 0 spiro atoms. The van der Waals surface area contributed by atoms with Crippen LogP contribution in [0.5, 0.6) is 0 Å². The highest BCUT2D eigenvalue weighted by atomic mass is 35.5. The minimum atomic E-state index is 0. The van der Waals surface area contributed by atoms with Gasteiger partial charge in [0.1, 0.15) is 0 Å². The molecular formula is C17H33Cl2N3O. The molecule has 0 radical (unpaired) electrons. The summed E-state index contributed by atoms with van der Waals surface area (Å²) in [6.45, 7) is 7.42. The van der Waals surface area contributed by atoms with Gasteiger partial charge in [-0.1, -0.05) is 13.3 Å². The van der Waals surface area contributed by atoms with Gasteiger partial charge in [-0.2, -0.15) is 0 Å². The Balaban J connectivity index is 0.00000132. The van der Waals surface area contributed by atoms with Crippen molar-refractivity contribution < 1.29 is 4.79 Å². The van der Waals surface area contributed by atoms with Crippen molar-refractivity contribution >= 4 is 30.7 Å². The number of rotatable bonds is 2. The highest BCUT2D eigenvalue weighted by Crippen LogP contribution is 2.27. The number of amides is 1. The van der Waals surface area contributed by atoms with E-state index in [1.807, 2.05) is 0 Å². The molecule has 1 saturated carbocycles. The number of hydrogen-bond acceptors (Lipinski definition) is 3. The van der Waals surface area contributed by atoms with E-state index in [2.05, 4.69) is 22.0 Å². The van der Waals surface area contributed by atoms with Gasteiger partial charge in [-0.25, -0.2) is 0 Å². The fraction of sp³-hybridized carbons (Fsp3) is 0.941. The first-order valence-corrected chi connectivity index (χ1v) is 9.00. The molecule has 0 aromatic rings. The number of piperazine rings is 1. The van der Waals surface area contributed by atoms with E-state index < -0.39 is 0 Å². The van der Waals surface area contributed by atoms with E-state index in [1.54, 1.807) is 0 Å². The van der Waals surface area contributed by atoms with Gasteiger partial charge in [-0.05, 0) is 51.0 Å².